The van der Waals surface area contributed by atoms with E-state index in [0.717, 1.165) is 11.5 Å². The summed E-state index contributed by atoms with van der Waals surface area (Å²) in [6.07, 6.45) is 7.43. The molecule has 2 atom stereocenters. The van der Waals surface area contributed by atoms with Gasteiger partial charge in [0.15, 0.2) is 0 Å². The Hall–Kier alpha value is -1.11. The average molecular weight is 352 g/mol. The molecule has 1 aromatic carbocycles. The minimum atomic E-state index is -0.609. The van der Waals surface area contributed by atoms with Crippen LogP contribution in [0.5, 0.6) is 0 Å². The number of nitrogens with zero attached hydrogens (tertiary/aromatic N) is 1. The molecule has 1 aromatic rings. The van der Waals surface area contributed by atoms with Crippen molar-refractivity contribution in [3.05, 3.63) is 29.6 Å². The Kier molecular flexibility index (Phi) is 5.79. The minimum absolute atomic E-state index is 0.190. The first-order valence-corrected chi connectivity index (χ1v) is 9.40. The van der Waals surface area contributed by atoms with Gasteiger partial charge in [-0.15, -0.1) is 0 Å². The van der Waals surface area contributed by atoms with E-state index in [1.165, 1.54) is 38.2 Å². The van der Waals surface area contributed by atoms with Crippen LogP contribution in [0, 0.1) is 11.7 Å². The number of thiol groups is 1. The Morgan fingerprint density at radius 1 is 1.33 bits per heavy atom. The summed E-state index contributed by atoms with van der Waals surface area (Å²) in [5.41, 5.74) is 6.88. The van der Waals surface area contributed by atoms with Crippen LogP contribution in [0.1, 0.15) is 56.4 Å². The Balaban J connectivity index is 1.65. The zero-order valence-corrected chi connectivity index (χ0v) is 14.7. The lowest BCUT2D eigenvalue weighted by Gasteiger charge is -2.25. The summed E-state index contributed by atoms with van der Waals surface area (Å²) in [6.45, 7) is 0. The zero-order chi connectivity index (χ0) is 17.1. The van der Waals surface area contributed by atoms with Gasteiger partial charge in [0.2, 0.25) is 0 Å². The maximum absolute atomic E-state index is 14.2. The molecule has 2 N–H and O–H groups in total. The zero-order valence-electron chi connectivity index (χ0n) is 13.8. The number of benzene rings is 1. The van der Waals surface area contributed by atoms with Crippen molar-refractivity contribution < 1.29 is 14.0 Å². The van der Waals surface area contributed by atoms with Gasteiger partial charge in [-0.2, -0.15) is 17.7 Å². The number of hydrogen-bond donors (Lipinski definition) is 2. The summed E-state index contributed by atoms with van der Waals surface area (Å²) in [7, 11) is 0. The molecule has 1 heterocycles. The van der Waals surface area contributed by atoms with Crippen molar-refractivity contribution in [1.29, 1.82) is 0 Å². The minimum Gasteiger partial charge on any atom is -0.304 e. The Bertz CT molecular complexity index is 592. The van der Waals surface area contributed by atoms with E-state index in [0.29, 0.717) is 23.7 Å². The molecular formula is C18H25FN2O2S. The molecule has 1 aliphatic heterocycles. The van der Waals surface area contributed by atoms with Crippen molar-refractivity contribution in [2.45, 2.75) is 57.1 Å². The second-order valence-corrected chi connectivity index (χ2v) is 7.14. The van der Waals surface area contributed by atoms with Crippen molar-refractivity contribution in [2.24, 2.45) is 11.7 Å². The Morgan fingerprint density at radius 2 is 2.08 bits per heavy atom. The Morgan fingerprint density at radius 3 is 2.79 bits per heavy atom. The van der Waals surface area contributed by atoms with Gasteiger partial charge in [-0.25, -0.2) is 9.23 Å². The maximum atomic E-state index is 14.2. The van der Waals surface area contributed by atoms with Crippen LogP contribution in [0.15, 0.2) is 18.2 Å². The fourth-order valence-electron chi connectivity index (χ4n) is 3.76. The van der Waals surface area contributed by atoms with Gasteiger partial charge in [-0.05, 0) is 30.4 Å². The number of nitrogens with two attached hydrogens (primary N) is 1. The third kappa shape index (κ3) is 3.60. The highest BCUT2D eigenvalue weighted by Crippen LogP contribution is 2.40. The predicted molar refractivity (Wildman–Crippen MR) is 95.3 cm³/mol. The smallest absolute Gasteiger partial charge is 0.259 e. The molecule has 4 nitrogen and oxygen atoms in total. The number of carbonyl (C=O) groups is 1. The standard InChI is InChI=1S/C18H25FN2O2S/c19-15-8-4-7-13-14(11-24)18(22)21(17(13)15)23-16(20)10-9-12-5-2-1-3-6-12/h4,7-8,12,14,16,24H,1-3,5-6,9-11,20H2. The first-order valence-electron chi connectivity index (χ1n) is 8.77. The van der Waals surface area contributed by atoms with Gasteiger partial charge in [-0.1, -0.05) is 44.2 Å². The second-order valence-electron chi connectivity index (χ2n) is 6.77. The number of fused-ring (bicyclic) bond motifs is 1. The predicted octanol–water partition coefficient (Wildman–Crippen LogP) is 3.76. The van der Waals surface area contributed by atoms with E-state index in [1.54, 1.807) is 12.1 Å². The summed E-state index contributed by atoms with van der Waals surface area (Å²) < 4.78 is 14.2. The highest BCUT2D eigenvalue weighted by Gasteiger charge is 2.40. The van der Waals surface area contributed by atoms with E-state index in [4.69, 9.17) is 10.6 Å². The number of hydroxylamine groups is 1. The fraction of sp³-hybridized carbons (Fsp3) is 0.611. The number of carbonyl (C=O) groups excluding carboxylic acids is 1. The van der Waals surface area contributed by atoms with Gasteiger partial charge in [0, 0.05) is 5.75 Å². The maximum Gasteiger partial charge on any atom is 0.259 e. The lowest BCUT2D eigenvalue weighted by Crippen LogP contribution is -2.38. The molecule has 1 saturated carbocycles. The van der Waals surface area contributed by atoms with Crippen LogP contribution in [-0.4, -0.2) is 17.9 Å². The van der Waals surface area contributed by atoms with Crippen molar-refractivity contribution in [1.82, 2.24) is 0 Å². The van der Waals surface area contributed by atoms with Crippen molar-refractivity contribution in [2.75, 3.05) is 10.8 Å². The topological polar surface area (TPSA) is 55.6 Å². The normalized spacial score (nSPS) is 22.7. The summed E-state index contributed by atoms with van der Waals surface area (Å²) in [4.78, 5) is 18.2. The molecule has 1 fully saturated rings. The third-order valence-electron chi connectivity index (χ3n) is 5.10. The monoisotopic (exact) mass is 352 g/mol. The van der Waals surface area contributed by atoms with E-state index in [-0.39, 0.29) is 11.6 Å². The largest absolute Gasteiger partial charge is 0.304 e. The molecule has 0 saturated heterocycles. The summed E-state index contributed by atoms with van der Waals surface area (Å²) in [5.74, 6) is -0.240. The van der Waals surface area contributed by atoms with E-state index < -0.39 is 18.0 Å². The van der Waals surface area contributed by atoms with Crippen molar-refractivity contribution >= 4 is 24.2 Å². The molecular weight excluding hydrogens is 327 g/mol. The number of para-hydroxylation sites is 1. The number of halogens is 1. The molecule has 3 rings (SSSR count). The van der Waals surface area contributed by atoms with Crippen LogP contribution in [0.4, 0.5) is 10.1 Å². The second kappa shape index (κ2) is 7.85. The number of hydrogen-bond acceptors (Lipinski definition) is 4. The summed E-state index contributed by atoms with van der Waals surface area (Å²) >= 11 is 4.22. The molecule has 0 radical (unpaired) electrons. The number of rotatable bonds is 6. The highest BCUT2D eigenvalue weighted by atomic mass is 32.1. The molecule has 2 aliphatic rings. The van der Waals surface area contributed by atoms with Gasteiger partial charge in [0.1, 0.15) is 17.7 Å². The molecule has 132 valence electrons. The quantitative estimate of drug-likeness (QED) is 0.605. The average Bonchev–Trinajstić information content (AvgIpc) is 2.86. The summed E-state index contributed by atoms with van der Waals surface area (Å²) in [5, 5.41) is 1.05. The van der Waals surface area contributed by atoms with Crippen LogP contribution >= 0.6 is 12.6 Å². The van der Waals surface area contributed by atoms with Crippen LogP contribution in [0.3, 0.4) is 0 Å². The van der Waals surface area contributed by atoms with Gasteiger partial charge in [0.25, 0.3) is 5.91 Å². The van der Waals surface area contributed by atoms with E-state index >= 15 is 0 Å². The summed E-state index contributed by atoms with van der Waals surface area (Å²) in [6, 6.07) is 4.68. The van der Waals surface area contributed by atoms with Crippen LogP contribution < -0.4 is 10.8 Å². The van der Waals surface area contributed by atoms with Crippen LogP contribution in [0.25, 0.3) is 0 Å². The Labute approximate surface area is 147 Å². The lowest BCUT2D eigenvalue weighted by atomic mass is 9.86. The van der Waals surface area contributed by atoms with Crippen LogP contribution in [-0.2, 0) is 9.63 Å². The molecule has 0 aromatic heterocycles. The molecule has 1 aliphatic carbocycles. The van der Waals surface area contributed by atoms with Gasteiger partial charge < -0.3 is 5.73 Å². The molecule has 0 spiro atoms. The molecule has 24 heavy (non-hydrogen) atoms. The lowest BCUT2D eigenvalue weighted by molar-refractivity contribution is -0.128. The van der Waals surface area contributed by atoms with Crippen LogP contribution in [0.2, 0.25) is 0 Å². The van der Waals surface area contributed by atoms with Crippen molar-refractivity contribution in [3.63, 3.8) is 0 Å². The molecule has 2 unspecified atom stereocenters. The first kappa shape index (κ1) is 17.7. The van der Waals surface area contributed by atoms with E-state index in [9.17, 15) is 9.18 Å². The van der Waals surface area contributed by atoms with Crippen molar-refractivity contribution in [3.8, 4) is 0 Å². The first-order chi connectivity index (χ1) is 11.6. The highest BCUT2D eigenvalue weighted by molar-refractivity contribution is 7.80. The molecule has 1 amide bonds. The number of anilines is 1. The van der Waals surface area contributed by atoms with Gasteiger partial charge >= 0.3 is 0 Å². The molecule has 0 bridgehead atoms. The number of amides is 1. The fourth-order valence-corrected chi connectivity index (χ4v) is 4.11. The van der Waals surface area contributed by atoms with E-state index in [2.05, 4.69) is 12.6 Å². The molecule has 6 heteroatoms. The SMILES string of the molecule is NC(CCC1CCCCC1)ON1C(=O)C(CS)c2cccc(F)c21. The third-order valence-corrected chi connectivity index (χ3v) is 5.47. The van der Waals surface area contributed by atoms with Gasteiger partial charge in [0.05, 0.1) is 5.92 Å². The van der Waals surface area contributed by atoms with E-state index in [1.807, 2.05) is 0 Å². The van der Waals surface area contributed by atoms with Gasteiger partial charge in [-0.3, -0.25) is 4.79 Å².